The molecule has 1 aliphatic rings. The van der Waals surface area contributed by atoms with E-state index in [0.29, 0.717) is 30.3 Å². The molecule has 8 heteroatoms. The molecule has 0 unspecified atom stereocenters. The smallest absolute Gasteiger partial charge is 0.238 e. The Morgan fingerprint density at radius 3 is 2.54 bits per heavy atom. The molecule has 0 aliphatic carbocycles. The molecule has 0 saturated carbocycles. The second-order valence-electron chi connectivity index (χ2n) is 6.77. The first-order valence-electron chi connectivity index (χ1n) is 9.15. The van der Waals surface area contributed by atoms with E-state index in [9.17, 15) is 9.18 Å². The molecule has 1 saturated heterocycles. The highest BCUT2D eigenvalue weighted by Gasteiger charge is 2.20. The summed E-state index contributed by atoms with van der Waals surface area (Å²) in [5.74, 6) is 0.865. The number of rotatable bonds is 6. The third-order valence-corrected chi connectivity index (χ3v) is 4.67. The minimum absolute atomic E-state index is 0.0975. The molecule has 1 aromatic carbocycles. The van der Waals surface area contributed by atoms with Crippen LogP contribution in [0.3, 0.4) is 0 Å². The lowest BCUT2D eigenvalue weighted by Gasteiger charge is -2.33. The van der Waals surface area contributed by atoms with Crippen LogP contribution in [0.2, 0.25) is 0 Å². The van der Waals surface area contributed by atoms with E-state index in [1.807, 2.05) is 18.2 Å². The van der Waals surface area contributed by atoms with Crippen LogP contribution in [0.15, 0.2) is 57.7 Å². The summed E-state index contributed by atoms with van der Waals surface area (Å²) >= 11 is 0. The van der Waals surface area contributed by atoms with Gasteiger partial charge in [-0.1, -0.05) is 5.16 Å². The molecule has 146 valence electrons. The Labute approximate surface area is 161 Å². The Morgan fingerprint density at radius 1 is 1.07 bits per heavy atom. The van der Waals surface area contributed by atoms with E-state index in [1.54, 1.807) is 18.4 Å². The molecule has 0 radical (unpaired) electrons. The van der Waals surface area contributed by atoms with Gasteiger partial charge in [-0.25, -0.2) is 4.39 Å². The number of aromatic nitrogens is 1. The maximum atomic E-state index is 12.9. The Morgan fingerprint density at radius 2 is 1.82 bits per heavy atom. The number of amides is 1. The standard InChI is InChI=1S/C20H21FN4O3/c21-15-3-5-16(6-4-15)22-20(26)14-25-9-7-24(8-10-25)13-17-12-19(28-23-17)18-2-1-11-27-18/h1-6,11-12H,7-10,13-14H2,(H,22,26). The fourth-order valence-corrected chi connectivity index (χ4v) is 3.19. The Hall–Kier alpha value is -2.97. The molecule has 1 N–H and O–H groups in total. The van der Waals surface area contributed by atoms with Crippen LogP contribution in [-0.4, -0.2) is 53.6 Å². The third-order valence-electron chi connectivity index (χ3n) is 4.67. The van der Waals surface area contributed by atoms with Crippen molar-refractivity contribution in [2.45, 2.75) is 6.54 Å². The van der Waals surface area contributed by atoms with Crippen molar-refractivity contribution in [2.24, 2.45) is 0 Å². The summed E-state index contributed by atoms with van der Waals surface area (Å²) in [6.45, 7) is 4.27. The van der Waals surface area contributed by atoms with Crippen molar-refractivity contribution < 1.29 is 18.1 Å². The molecule has 0 bridgehead atoms. The van der Waals surface area contributed by atoms with Gasteiger partial charge < -0.3 is 14.3 Å². The zero-order chi connectivity index (χ0) is 19.3. The molecule has 28 heavy (non-hydrogen) atoms. The average molecular weight is 384 g/mol. The van der Waals surface area contributed by atoms with Crippen LogP contribution in [0.1, 0.15) is 5.69 Å². The first-order valence-corrected chi connectivity index (χ1v) is 9.15. The summed E-state index contributed by atoms with van der Waals surface area (Å²) in [7, 11) is 0. The van der Waals surface area contributed by atoms with Gasteiger partial charge >= 0.3 is 0 Å². The minimum atomic E-state index is -0.322. The monoisotopic (exact) mass is 384 g/mol. The Balaban J connectivity index is 1.22. The van der Waals surface area contributed by atoms with Crippen molar-refractivity contribution in [1.29, 1.82) is 0 Å². The SMILES string of the molecule is O=C(CN1CCN(Cc2cc(-c3ccco3)on2)CC1)Nc1ccc(F)cc1. The highest BCUT2D eigenvalue weighted by molar-refractivity contribution is 5.92. The Kier molecular flexibility index (Phi) is 5.50. The fourth-order valence-electron chi connectivity index (χ4n) is 3.19. The summed E-state index contributed by atoms with van der Waals surface area (Å²) in [4.78, 5) is 16.5. The highest BCUT2D eigenvalue weighted by Crippen LogP contribution is 2.21. The zero-order valence-corrected chi connectivity index (χ0v) is 15.3. The number of carbonyl (C=O) groups excluding carboxylic acids is 1. The molecule has 1 fully saturated rings. The summed E-state index contributed by atoms with van der Waals surface area (Å²) in [5.41, 5.74) is 1.46. The second kappa shape index (κ2) is 8.37. The molecule has 0 atom stereocenters. The number of halogens is 1. The van der Waals surface area contributed by atoms with E-state index in [2.05, 4.69) is 20.3 Å². The van der Waals surface area contributed by atoms with Gasteiger partial charge in [0, 0.05) is 44.5 Å². The van der Waals surface area contributed by atoms with E-state index < -0.39 is 0 Å². The number of piperazine rings is 1. The van der Waals surface area contributed by atoms with Gasteiger partial charge in [-0.3, -0.25) is 14.6 Å². The number of benzene rings is 1. The first-order chi connectivity index (χ1) is 13.7. The van der Waals surface area contributed by atoms with Gasteiger partial charge in [-0.05, 0) is 36.4 Å². The van der Waals surface area contributed by atoms with Crippen molar-refractivity contribution in [3.63, 3.8) is 0 Å². The summed E-state index contributed by atoms with van der Waals surface area (Å²) in [6, 6.07) is 11.3. The number of furan rings is 1. The maximum Gasteiger partial charge on any atom is 0.238 e. The lowest BCUT2D eigenvalue weighted by atomic mass is 10.2. The fraction of sp³-hybridized carbons (Fsp3) is 0.300. The first kappa shape index (κ1) is 18.4. The zero-order valence-electron chi connectivity index (χ0n) is 15.3. The molecule has 1 aliphatic heterocycles. The van der Waals surface area contributed by atoms with Gasteiger partial charge in [0.05, 0.1) is 18.5 Å². The van der Waals surface area contributed by atoms with Gasteiger partial charge in [-0.2, -0.15) is 0 Å². The van der Waals surface area contributed by atoms with Crippen LogP contribution >= 0.6 is 0 Å². The van der Waals surface area contributed by atoms with Crippen molar-refractivity contribution in [3.05, 3.63) is 60.2 Å². The number of hydrogen-bond acceptors (Lipinski definition) is 6. The molecule has 2 aromatic heterocycles. The van der Waals surface area contributed by atoms with Gasteiger partial charge in [-0.15, -0.1) is 0 Å². The normalized spacial score (nSPS) is 15.6. The maximum absolute atomic E-state index is 12.9. The van der Waals surface area contributed by atoms with E-state index in [4.69, 9.17) is 8.94 Å². The number of hydrogen-bond donors (Lipinski definition) is 1. The molecule has 7 nitrogen and oxygen atoms in total. The van der Waals surface area contributed by atoms with Gasteiger partial charge in [0.1, 0.15) is 5.82 Å². The van der Waals surface area contributed by atoms with Gasteiger partial charge in [0.15, 0.2) is 5.76 Å². The molecular formula is C20H21FN4O3. The van der Waals surface area contributed by atoms with E-state index in [0.717, 1.165) is 31.9 Å². The lowest BCUT2D eigenvalue weighted by Crippen LogP contribution is -2.48. The number of anilines is 1. The van der Waals surface area contributed by atoms with Crippen molar-refractivity contribution >= 4 is 11.6 Å². The van der Waals surface area contributed by atoms with Crippen LogP contribution in [0.5, 0.6) is 0 Å². The van der Waals surface area contributed by atoms with E-state index in [1.165, 1.54) is 12.1 Å². The van der Waals surface area contributed by atoms with E-state index >= 15 is 0 Å². The van der Waals surface area contributed by atoms with Crippen LogP contribution in [-0.2, 0) is 11.3 Å². The molecule has 3 aromatic rings. The molecule has 1 amide bonds. The molecular weight excluding hydrogens is 363 g/mol. The van der Waals surface area contributed by atoms with Crippen LogP contribution in [0.25, 0.3) is 11.5 Å². The van der Waals surface area contributed by atoms with Gasteiger partial charge in [0.25, 0.3) is 0 Å². The predicted octanol–water partition coefficient (Wildman–Crippen LogP) is 2.83. The quantitative estimate of drug-likeness (QED) is 0.704. The molecule has 0 spiro atoms. The second-order valence-corrected chi connectivity index (χ2v) is 6.77. The van der Waals surface area contributed by atoms with Crippen molar-refractivity contribution in [3.8, 4) is 11.5 Å². The number of nitrogens with one attached hydrogen (secondary N) is 1. The average Bonchev–Trinajstić information content (AvgIpc) is 3.37. The molecule has 4 rings (SSSR count). The van der Waals surface area contributed by atoms with Crippen LogP contribution in [0.4, 0.5) is 10.1 Å². The van der Waals surface area contributed by atoms with E-state index in [-0.39, 0.29) is 11.7 Å². The molecule has 3 heterocycles. The minimum Gasteiger partial charge on any atom is -0.461 e. The summed E-state index contributed by atoms with van der Waals surface area (Å²) in [6.07, 6.45) is 1.60. The lowest BCUT2D eigenvalue weighted by molar-refractivity contribution is -0.117. The number of nitrogens with zero attached hydrogens (tertiary/aromatic N) is 3. The Bertz CT molecular complexity index is 900. The van der Waals surface area contributed by atoms with Crippen LogP contribution in [0, 0.1) is 5.82 Å². The third kappa shape index (κ3) is 4.65. The topological polar surface area (TPSA) is 74.8 Å². The predicted molar refractivity (Wildman–Crippen MR) is 101 cm³/mol. The summed E-state index contributed by atoms with van der Waals surface area (Å²) in [5, 5.41) is 6.90. The van der Waals surface area contributed by atoms with Crippen molar-refractivity contribution in [2.75, 3.05) is 38.0 Å². The number of carbonyl (C=O) groups is 1. The van der Waals surface area contributed by atoms with Crippen LogP contribution < -0.4 is 5.32 Å². The van der Waals surface area contributed by atoms with Crippen molar-refractivity contribution in [1.82, 2.24) is 15.0 Å². The van der Waals surface area contributed by atoms with Gasteiger partial charge in [0.2, 0.25) is 11.7 Å². The highest BCUT2D eigenvalue weighted by atomic mass is 19.1. The largest absolute Gasteiger partial charge is 0.461 e. The summed E-state index contributed by atoms with van der Waals surface area (Å²) < 4.78 is 23.6.